The molecule has 0 aromatic heterocycles. The smallest absolute Gasteiger partial charge is 0.312 e. The van der Waals surface area contributed by atoms with Gasteiger partial charge in [-0.05, 0) is 31.1 Å². The number of fused-ring (bicyclic) bond motifs is 1. The third-order valence-electron chi connectivity index (χ3n) is 6.04. The second kappa shape index (κ2) is 5.30. The van der Waals surface area contributed by atoms with Gasteiger partial charge in [0, 0.05) is 18.8 Å². The summed E-state index contributed by atoms with van der Waals surface area (Å²) < 4.78 is 5.43. The summed E-state index contributed by atoms with van der Waals surface area (Å²) in [5, 5.41) is 21.3. The number of carbonyl (C=O) groups is 3. The van der Waals surface area contributed by atoms with Crippen LogP contribution < -0.4 is 0 Å². The molecule has 2 N–H and O–H groups in total. The Morgan fingerprint density at radius 2 is 1.83 bits per heavy atom. The van der Waals surface area contributed by atoms with Gasteiger partial charge in [0.1, 0.15) is 12.4 Å². The first-order valence-corrected chi connectivity index (χ1v) is 8.00. The predicted molar refractivity (Wildman–Crippen MR) is 81.5 cm³/mol. The lowest BCUT2D eigenvalue weighted by molar-refractivity contribution is -0.213. The fourth-order valence-electron chi connectivity index (χ4n) is 5.36. The number of esters is 1. The van der Waals surface area contributed by atoms with Crippen molar-refractivity contribution in [2.75, 3.05) is 0 Å². The molecule has 2 fully saturated rings. The van der Waals surface area contributed by atoms with E-state index in [1.165, 1.54) is 13.8 Å². The van der Waals surface area contributed by atoms with Crippen LogP contribution in [-0.4, -0.2) is 40.1 Å². The third-order valence-corrected chi connectivity index (χ3v) is 6.04. The molecule has 0 unspecified atom stereocenters. The van der Waals surface area contributed by atoms with E-state index >= 15 is 0 Å². The number of hydrogen-bond donors (Lipinski definition) is 2. The van der Waals surface area contributed by atoms with Gasteiger partial charge in [-0.2, -0.15) is 0 Å². The highest BCUT2D eigenvalue weighted by Gasteiger charge is 2.74. The standard InChI is InChI=1S/C17H26O6/c1-9-6-12(23-10(2)19)13-15(3,4)8-16(5,14(20)21)17(13,22)11(9)7-18/h7,9,11-13,22H,6,8H2,1-5H3,(H,20,21)/t9-,11+,12+,13+,16-,17-/m1/s1. The number of rotatable bonds is 3. The minimum Gasteiger partial charge on any atom is -0.481 e. The highest BCUT2D eigenvalue weighted by Crippen LogP contribution is 2.66. The van der Waals surface area contributed by atoms with E-state index in [0.29, 0.717) is 12.7 Å². The molecule has 6 atom stereocenters. The van der Waals surface area contributed by atoms with Gasteiger partial charge in [-0.15, -0.1) is 0 Å². The topological polar surface area (TPSA) is 101 Å². The highest BCUT2D eigenvalue weighted by atomic mass is 16.5. The minimum absolute atomic E-state index is 0.214. The van der Waals surface area contributed by atoms with Gasteiger partial charge in [0.25, 0.3) is 0 Å². The fourth-order valence-corrected chi connectivity index (χ4v) is 5.36. The summed E-state index contributed by atoms with van der Waals surface area (Å²) in [6.45, 7) is 8.32. The number of ether oxygens (including phenoxy) is 1. The Kier molecular flexibility index (Phi) is 4.13. The maximum atomic E-state index is 12.0. The van der Waals surface area contributed by atoms with Gasteiger partial charge in [-0.1, -0.05) is 20.8 Å². The maximum Gasteiger partial charge on any atom is 0.312 e. The van der Waals surface area contributed by atoms with E-state index in [1.54, 1.807) is 6.92 Å². The molecule has 23 heavy (non-hydrogen) atoms. The number of hydrogen-bond acceptors (Lipinski definition) is 5. The molecule has 0 amide bonds. The zero-order valence-electron chi connectivity index (χ0n) is 14.3. The van der Waals surface area contributed by atoms with Crippen molar-refractivity contribution in [1.29, 1.82) is 0 Å². The van der Waals surface area contributed by atoms with E-state index in [-0.39, 0.29) is 12.3 Å². The Morgan fingerprint density at radius 1 is 1.26 bits per heavy atom. The van der Waals surface area contributed by atoms with E-state index in [0.717, 1.165) is 0 Å². The second-order valence-corrected chi connectivity index (χ2v) is 8.13. The van der Waals surface area contributed by atoms with E-state index < -0.39 is 46.3 Å². The van der Waals surface area contributed by atoms with Crippen molar-refractivity contribution in [3.05, 3.63) is 0 Å². The van der Waals surface area contributed by atoms with Crippen LogP contribution in [0.2, 0.25) is 0 Å². The highest BCUT2D eigenvalue weighted by molar-refractivity contribution is 5.79. The number of carbonyl (C=O) groups excluding carboxylic acids is 2. The zero-order valence-corrected chi connectivity index (χ0v) is 14.3. The van der Waals surface area contributed by atoms with Crippen LogP contribution in [0.1, 0.15) is 47.5 Å². The van der Waals surface area contributed by atoms with Crippen LogP contribution in [0.25, 0.3) is 0 Å². The van der Waals surface area contributed by atoms with Crippen molar-refractivity contribution in [2.45, 2.75) is 59.2 Å². The molecule has 0 aliphatic heterocycles. The molecule has 2 aliphatic carbocycles. The lowest BCUT2D eigenvalue weighted by Crippen LogP contribution is -2.64. The number of carboxylic acid groups (broad SMARTS) is 1. The van der Waals surface area contributed by atoms with Crippen LogP contribution in [0.4, 0.5) is 0 Å². The molecule has 2 saturated carbocycles. The summed E-state index contributed by atoms with van der Waals surface area (Å²) in [7, 11) is 0. The predicted octanol–water partition coefficient (Wildman–Crippen LogP) is 1.64. The Balaban J connectivity index is 2.66. The van der Waals surface area contributed by atoms with E-state index in [1.807, 2.05) is 13.8 Å². The molecule has 0 bridgehead atoms. The summed E-state index contributed by atoms with van der Waals surface area (Å²) in [5.74, 6) is -3.27. The molecule has 6 heteroatoms. The Hall–Kier alpha value is -1.43. The lowest BCUT2D eigenvalue weighted by atomic mass is 9.56. The van der Waals surface area contributed by atoms with E-state index in [2.05, 4.69) is 0 Å². The van der Waals surface area contributed by atoms with Crippen LogP contribution in [0.3, 0.4) is 0 Å². The molecule has 0 spiro atoms. The third kappa shape index (κ3) is 2.30. The van der Waals surface area contributed by atoms with Crippen molar-refractivity contribution < 1.29 is 29.3 Å². The van der Waals surface area contributed by atoms with Crippen LogP contribution >= 0.6 is 0 Å². The Bertz CT molecular complexity index is 541. The molecule has 0 aromatic carbocycles. The molecule has 0 heterocycles. The maximum absolute atomic E-state index is 12.0. The summed E-state index contributed by atoms with van der Waals surface area (Å²) in [5.41, 5.74) is -3.80. The molecule has 130 valence electrons. The van der Waals surface area contributed by atoms with Crippen LogP contribution in [0.15, 0.2) is 0 Å². The molecular weight excluding hydrogens is 300 g/mol. The van der Waals surface area contributed by atoms with Gasteiger partial charge < -0.3 is 19.7 Å². The van der Waals surface area contributed by atoms with E-state index in [4.69, 9.17) is 4.74 Å². The number of aliphatic carboxylic acids is 1. The molecule has 0 radical (unpaired) electrons. The van der Waals surface area contributed by atoms with Crippen LogP contribution in [0.5, 0.6) is 0 Å². The molecule has 6 nitrogen and oxygen atoms in total. The van der Waals surface area contributed by atoms with Gasteiger partial charge in [0.15, 0.2) is 0 Å². The van der Waals surface area contributed by atoms with Gasteiger partial charge in [0.05, 0.1) is 11.0 Å². The van der Waals surface area contributed by atoms with Gasteiger partial charge in [-0.25, -0.2) is 0 Å². The largest absolute Gasteiger partial charge is 0.481 e. The SMILES string of the molecule is CC(=O)O[C@H]1C[C@@H](C)[C@H](C=O)[C@@]2(O)[C@@H]1C(C)(C)C[C@]2(C)C(=O)O. The number of aliphatic hydroxyl groups is 1. The second-order valence-electron chi connectivity index (χ2n) is 8.13. The van der Waals surface area contributed by atoms with Gasteiger partial charge >= 0.3 is 11.9 Å². The van der Waals surface area contributed by atoms with Gasteiger partial charge in [0.2, 0.25) is 0 Å². The van der Waals surface area contributed by atoms with Crippen molar-refractivity contribution in [3.63, 3.8) is 0 Å². The van der Waals surface area contributed by atoms with Crippen molar-refractivity contribution >= 4 is 18.2 Å². The molecule has 0 aromatic rings. The van der Waals surface area contributed by atoms with Crippen molar-refractivity contribution in [2.24, 2.45) is 28.6 Å². The minimum atomic E-state index is -1.75. The average Bonchev–Trinajstić information content (AvgIpc) is 2.53. The number of aldehydes is 1. The summed E-state index contributed by atoms with van der Waals surface area (Å²) in [6.07, 6.45) is 0.727. The van der Waals surface area contributed by atoms with Gasteiger partial charge in [-0.3, -0.25) is 9.59 Å². The molecule has 2 rings (SSSR count). The van der Waals surface area contributed by atoms with Crippen molar-refractivity contribution in [1.82, 2.24) is 0 Å². The Labute approximate surface area is 136 Å². The average molecular weight is 326 g/mol. The van der Waals surface area contributed by atoms with Crippen LogP contribution in [-0.2, 0) is 19.1 Å². The monoisotopic (exact) mass is 326 g/mol. The van der Waals surface area contributed by atoms with Crippen LogP contribution in [0, 0.1) is 28.6 Å². The Morgan fingerprint density at radius 3 is 2.26 bits per heavy atom. The summed E-state index contributed by atoms with van der Waals surface area (Å²) >= 11 is 0. The summed E-state index contributed by atoms with van der Waals surface area (Å²) in [4.78, 5) is 35.2. The normalized spacial score (nSPS) is 45.1. The quantitative estimate of drug-likeness (QED) is 0.604. The fraction of sp³-hybridized carbons (Fsp3) is 0.824. The lowest BCUT2D eigenvalue weighted by Gasteiger charge is -2.53. The first-order valence-electron chi connectivity index (χ1n) is 8.00. The molecule has 0 saturated heterocycles. The van der Waals surface area contributed by atoms with Crippen molar-refractivity contribution in [3.8, 4) is 0 Å². The first-order chi connectivity index (χ1) is 10.4. The zero-order chi connectivity index (χ0) is 17.8. The van der Waals surface area contributed by atoms with E-state index in [9.17, 15) is 24.6 Å². The summed E-state index contributed by atoms with van der Waals surface area (Å²) in [6, 6.07) is 0. The molecule has 2 aliphatic rings. The molecular formula is C17H26O6. The first kappa shape index (κ1) is 17.9. The number of carboxylic acids is 1.